The maximum atomic E-state index is 12.9. The number of hydrogen-bond acceptors (Lipinski definition) is 4. The molecule has 1 fully saturated rings. The van der Waals surface area contributed by atoms with Crippen molar-refractivity contribution in [2.75, 3.05) is 24.5 Å². The molecule has 6 heteroatoms. The first kappa shape index (κ1) is 18.2. The molecule has 4 heterocycles. The van der Waals surface area contributed by atoms with Crippen molar-refractivity contribution in [2.24, 2.45) is 13.0 Å². The molecule has 6 nitrogen and oxygen atoms in total. The molecule has 0 radical (unpaired) electrons. The van der Waals surface area contributed by atoms with Crippen LogP contribution in [0.25, 0.3) is 11.0 Å². The van der Waals surface area contributed by atoms with Crippen molar-refractivity contribution in [3.8, 4) is 0 Å². The van der Waals surface area contributed by atoms with Gasteiger partial charge in [-0.3, -0.25) is 4.79 Å². The second-order valence-corrected chi connectivity index (χ2v) is 8.33. The van der Waals surface area contributed by atoms with Gasteiger partial charge in [0.1, 0.15) is 17.8 Å². The van der Waals surface area contributed by atoms with Gasteiger partial charge in [0.25, 0.3) is 0 Å². The summed E-state index contributed by atoms with van der Waals surface area (Å²) in [7, 11) is 2.01. The Balaban J connectivity index is 1.20. The van der Waals surface area contributed by atoms with Crippen LogP contribution in [0.5, 0.6) is 0 Å². The topological polar surface area (TPSA) is 54.3 Å². The van der Waals surface area contributed by atoms with Crippen molar-refractivity contribution in [1.29, 1.82) is 0 Å². The standard InChI is InChI=1S/C23H27N5O/c1-26-10-9-20-22(26)24-16-25-23(20)27-11-6-17(7-12-27)14-21(29)28-13-8-18-4-2-3-5-19(18)15-28/h2-5,9-10,16-17H,6-8,11-15H2,1H3. The summed E-state index contributed by atoms with van der Waals surface area (Å²) in [4.78, 5) is 26.2. The van der Waals surface area contributed by atoms with Gasteiger partial charge in [0.05, 0.1) is 5.39 Å². The Kier molecular flexibility index (Phi) is 4.70. The Labute approximate surface area is 171 Å². The van der Waals surface area contributed by atoms with Gasteiger partial charge in [-0.25, -0.2) is 9.97 Å². The van der Waals surface area contributed by atoms with E-state index in [1.165, 1.54) is 11.1 Å². The molecule has 150 valence electrons. The lowest BCUT2D eigenvalue weighted by molar-refractivity contribution is -0.133. The number of carbonyl (C=O) groups is 1. The molecule has 0 N–H and O–H groups in total. The van der Waals surface area contributed by atoms with Crippen molar-refractivity contribution in [3.05, 3.63) is 54.0 Å². The maximum Gasteiger partial charge on any atom is 0.223 e. The largest absolute Gasteiger partial charge is 0.356 e. The number of benzene rings is 1. The molecular formula is C23H27N5O. The lowest BCUT2D eigenvalue weighted by Crippen LogP contribution is -2.39. The summed E-state index contributed by atoms with van der Waals surface area (Å²) in [6.07, 6.45) is 7.40. The summed E-state index contributed by atoms with van der Waals surface area (Å²) in [5, 5.41) is 1.11. The Bertz CT molecular complexity index is 1030. The van der Waals surface area contributed by atoms with Crippen LogP contribution < -0.4 is 4.90 Å². The summed E-state index contributed by atoms with van der Waals surface area (Å²) in [6.45, 7) is 3.51. The second kappa shape index (κ2) is 7.50. The quantitative estimate of drug-likeness (QED) is 0.691. The Morgan fingerprint density at radius 1 is 1.07 bits per heavy atom. The summed E-state index contributed by atoms with van der Waals surface area (Å²) in [5.74, 6) is 1.79. The van der Waals surface area contributed by atoms with Gasteiger partial charge in [-0.2, -0.15) is 0 Å². The number of aromatic nitrogens is 3. The molecule has 0 bridgehead atoms. The van der Waals surface area contributed by atoms with Crippen molar-refractivity contribution in [3.63, 3.8) is 0 Å². The Hall–Kier alpha value is -2.89. The minimum atomic E-state index is 0.311. The minimum absolute atomic E-state index is 0.311. The number of piperidine rings is 1. The van der Waals surface area contributed by atoms with Crippen LogP contribution in [-0.4, -0.2) is 45.0 Å². The SMILES string of the molecule is Cn1ccc2c(N3CCC(CC(=O)N4CCc5ccccc5C4)CC3)ncnc21. The van der Waals surface area contributed by atoms with Gasteiger partial charge in [0, 0.05) is 45.8 Å². The second-order valence-electron chi connectivity index (χ2n) is 8.33. The highest BCUT2D eigenvalue weighted by atomic mass is 16.2. The third-order valence-corrected chi connectivity index (χ3v) is 6.50. The molecule has 2 aliphatic heterocycles. The number of fused-ring (bicyclic) bond motifs is 2. The molecule has 0 unspecified atom stereocenters. The number of carbonyl (C=O) groups excluding carboxylic acids is 1. The van der Waals surface area contributed by atoms with E-state index < -0.39 is 0 Å². The third kappa shape index (κ3) is 3.48. The normalized spacial score (nSPS) is 17.6. The van der Waals surface area contributed by atoms with Gasteiger partial charge in [-0.1, -0.05) is 24.3 Å². The zero-order chi connectivity index (χ0) is 19.8. The molecule has 3 aromatic rings. The molecule has 0 atom stereocenters. The van der Waals surface area contributed by atoms with E-state index in [0.717, 1.165) is 62.3 Å². The summed E-state index contributed by atoms with van der Waals surface area (Å²) in [5.41, 5.74) is 3.66. The van der Waals surface area contributed by atoms with Crippen LogP contribution in [0.15, 0.2) is 42.9 Å². The number of anilines is 1. The van der Waals surface area contributed by atoms with Crippen LogP contribution in [0.4, 0.5) is 5.82 Å². The highest BCUT2D eigenvalue weighted by molar-refractivity contribution is 5.87. The van der Waals surface area contributed by atoms with Crippen LogP contribution in [0.1, 0.15) is 30.4 Å². The van der Waals surface area contributed by atoms with Crippen LogP contribution in [0, 0.1) is 5.92 Å². The fourth-order valence-corrected chi connectivity index (χ4v) is 4.75. The number of rotatable bonds is 3. The van der Waals surface area contributed by atoms with E-state index in [4.69, 9.17) is 0 Å². The molecule has 0 aliphatic carbocycles. The van der Waals surface area contributed by atoms with E-state index >= 15 is 0 Å². The Morgan fingerprint density at radius 3 is 2.69 bits per heavy atom. The summed E-state index contributed by atoms with van der Waals surface area (Å²) < 4.78 is 2.03. The summed E-state index contributed by atoms with van der Waals surface area (Å²) in [6, 6.07) is 10.6. The van der Waals surface area contributed by atoms with E-state index in [9.17, 15) is 4.79 Å². The highest BCUT2D eigenvalue weighted by Crippen LogP contribution is 2.29. The molecule has 1 amide bonds. The molecule has 5 rings (SSSR count). The minimum Gasteiger partial charge on any atom is -0.356 e. The van der Waals surface area contributed by atoms with E-state index in [1.807, 2.05) is 22.7 Å². The zero-order valence-electron chi connectivity index (χ0n) is 16.9. The van der Waals surface area contributed by atoms with Gasteiger partial charge in [0.2, 0.25) is 5.91 Å². The lowest BCUT2D eigenvalue weighted by atomic mass is 9.92. The zero-order valence-corrected chi connectivity index (χ0v) is 16.9. The molecule has 29 heavy (non-hydrogen) atoms. The monoisotopic (exact) mass is 389 g/mol. The molecule has 1 aromatic carbocycles. The van der Waals surface area contributed by atoms with Gasteiger partial charge >= 0.3 is 0 Å². The molecule has 0 spiro atoms. The number of nitrogens with zero attached hydrogens (tertiary/aromatic N) is 5. The van der Waals surface area contributed by atoms with Gasteiger partial charge in [0.15, 0.2) is 0 Å². The fraction of sp³-hybridized carbons (Fsp3) is 0.435. The average Bonchev–Trinajstić information content (AvgIpc) is 3.15. The van der Waals surface area contributed by atoms with Crippen molar-refractivity contribution >= 4 is 22.8 Å². The lowest BCUT2D eigenvalue weighted by Gasteiger charge is -2.34. The third-order valence-electron chi connectivity index (χ3n) is 6.50. The first-order chi connectivity index (χ1) is 14.2. The molecule has 2 aromatic heterocycles. The predicted molar refractivity (Wildman–Crippen MR) is 114 cm³/mol. The van der Waals surface area contributed by atoms with Crippen LogP contribution in [-0.2, 0) is 24.8 Å². The van der Waals surface area contributed by atoms with Crippen LogP contribution in [0.3, 0.4) is 0 Å². The smallest absolute Gasteiger partial charge is 0.223 e. The van der Waals surface area contributed by atoms with E-state index in [0.29, 0.717) is 18.2 Å². The number of hydrogen-bond donors (Lipinski definition) is 0. The molecule has 1 saturated heterocycles. The molecular weight excluding hydrogens is 362 g/mol. The maximum absolute atomic E-state index is 12.9. The van der Waals surface area contributed by atoms with E-state index in [2.05, 4.69) is 45.2 Å². The van der Waals surface area contributed by atoms with Crippen molar-refractivity contribution < 1.29 is 4.79 Å². The average molecular weight is 390 g/mol. The highest BCUT2D eigenvalue weighted by Gasteiger charge is 2.27. The molecule has 2 aliphatic rings. The van der Waals surface area contributed by atoms with Crippen molar-refractivity contribution in [2.45, 2.75) is 32.2 Å². The summed E-state index contributed by atoms with van der Waals surface area (Å²) >= 11 is 0. The number of amides is 1. The number of aryl methyl sites for hydroxylation is 1. The van der Waals surface area contributed by atoms with Gasteiger partial charge in [-0.05, 0) is 42.4 Å². The first-order valence-electron chi connectivity index (χ1n) is 10.5. The van der Waals surface area contributed by atoms with Gasteiger partial charge in [-0.15, -0.1) is 0 Å². The van der Waals surface area contributed by atoms with Crippen LogP contribution in [0.2, 0.25) is 0 Å². The van der Waals surface area contributed by atoms with E-state index in [-0.39, 0.29) is 0 Å². The van der Waals surface area contributed by atoms with Crippen LogP contribution >= 0.6 is 0 Å². The van der Waals surface area contributed by atoms with Gasteiger partial charge < -0.3 is 14.4 Å². The fourth-order valence-electron chi connectivity index (χ4n) is 4.75. The van der Waals surface area contributed by atoms with E-state index in [1.54, 1.807) is 6.33 Å². The molecule has 0 saturated carbocycles. The first-order valence-corrected chi connectivity index (χ1v) is 10.5. The predicted octanol–water partition coefficient (Wildman–Crippen LogP) is 3.16. The van der Waals surface area contributed by atoms with Crippen molar-refractivity contribution in [1.82, 2.24) is 19.4 Å². The Morgan fingerprint density at radius 2 is 1.86 bits per heavy atom.